The van der Waals surface area contributed by atoms with E-state index in [4.69, 9.17) is 26.7 Å². The number of primary amides is 1. The number of para-hydroxylation sites is 1. The molecular formula is C31H39N9O6. The molecule has 0 bridgehead atoms. The van der Waals surface area contributed by atoms with E-state index in [0.717, 1.165) is 11.1 Å². The Balaban J connectivity index is 1.46. The summed E-state index contributed by atoms with van der Waals surface area (Å²) in [5.74, 6) is -1.21. The zero-order chi connectivity index (χ0) is 32.9. The molecule has 0 aliphatic carbocycles. The fourth-order valence-corrected chi connectivity index (χ4v) is 4.92. The summed E-state index contributed by atoms with van der Waals surface area (Å²) < 4.78 is 10.9. The fourth-order valence-electron chi connectivity index (χ4n) is 4.92. The number of aliphatic imine (C=N–C) groups is 1. The molecule has 0 saturated carbocycles. The minimum atomic E-state index is -1.10. The van der Waals surface area contributed by atoms with Crippen molar-refractivity contribution in [3.8, 4) is 11.5 Å². The van der Waals surface area contributed by atoms with Crippen LogP contribution in [0.15, 0.2) is 66.0 Å². The van der Waals surface area contributed by atoms with Gasteiger partial charge in [0.25, 0.3) is 0 Å². The third-order valence-corrected chi connectivity index (χ3v) is 7.25. The number of hydrogen-bond donors (Lipinski definition) is 7. The van der Waals surface area contributed by atoms with Crippen molar-refractivity contribution in [1.82, 2.24) is 25.9 Å². The molecule has 1 aliphatic rings. The molecule has 2 aromatic carbocycles. The number of nitrogens with zero attached hydrogens (tertiary/aromatic N) is 2. The van der Waals surface area contributed by atoms with E-state index in [9.17, 15) is 19.2 Å². The van der Waals surface area contributed by atoms with Crippen molar-refractivity contribution in [3.05, 3.63) is 77.9 Å². The Hall–Kier alpha value is -5.60. The number of H-pyrrole nitrogens is 1. The lowest BCUT2D eigenvalue weighted by Gasteiger charge is -2.25. The number of nitrogens with two attached hydrogens (primary N) is 3. The van der Waals surface area contributed by atoms with E-state index in [1.165, 1.54) is 6.33 Å². The number of rotatable bonds is 17. The summed E-state index contributed by atoms with van der Waals surface area (Å²) in [5, 5.41) is 8.22. The first-order chi connectivity index (χ1) is 22.2. The largest absolute Gasteiger partial charge is 0.454 e. The first-order valence-corrected chi connectivity index (χ1v) is 14.8. The molecule has 2 heterocycles. The first-order valence-electron chi connectivity index (χ1n) is 14.8. The predicted octanol–water partition coefficient (Wildman–Crippen LogP) is -0.450. The molecule has 0 spiro atoms. The number of carbonyl (C=O) groups excluding carboxylic acids is 4. The van der Waals surface area contributed by atoms with Crippen LogP contribution in [0, 0.1) is 0 Å². The molecule has 0 radical (unpaired) electrons. The number of fused-ring (bicyclic) bond motifs is 1. The summed E-state index contributed by atoms with van der Waals surface area (Å²) in [7, 11) is 0. The monoisotopic (exact) mass is 633 g/mol. The standard InChI is InChI=1S/C31H39N9O6/c32-28(42)22(9-5-13-36-31(33)34)39-29(43)23(14-19-6-2-1-3-7-19)40-30(44)24(15-21-16-35-17-37-21)38-26(41)12-11-20-8-4-10-25-27(20)46-18-45-25/h1-4,6-8,10,16-17,22-24H,5,9,11-15,18H2,(H2,32,42)(H,35,37)(H,38,41)(H,39,43)(H,40,44)(H4,33,34,36)/t22-,23-,24+/m1/s1. The van der Waals surface area contributed by atoms with Gasteiger partial charge in [-0.1, -0.05) is 42.5 Å². The number of amides is 4. The van der Waals surface area contributed by atoms with Gasteiger partial charge in [-0.25, -0.2) is 4.98 Å². The molecule has 10 N–H and O–H groups in total. The fraction of sp³-hybridized carbons (Fsp3) is 0.355. The summed E-state index contributed by atoms with van der Waals surface area (Å²) >= 11 is 0. The van der Waals surface area contributed by atoms with E-state index in [1.807, 2.05) is 42.5 Å². The number of aromatic nitrogens is 2. The van der Waals surface area contributed by atoms with Gasteiger partial charge in [-0.2, -0.15) is 0 Å². The molecule has 0 saturated heterocycles. The lowest BCUT2D eigenvalue weighted by molar-refractivity contribution is -0.133. The molecule has 46 heavy (non-hydrogen) atoms. The highest BCUT2D eigenvalue weighted by molar-refractivity contribution is 5.94. The maximum Gasteiger partial charge on any atom is 0.243 e. The summed E-state index contributed by atoms with van der Waals surface area (Å²) in [4.78, 5) is 63.4. The number of imidazole rings is 1. The number of carbonyl (C=O) groups is 4. The summed E-state index contributed by atoms with van der Waals surface area (Å²) in [6, 6.07) is 11.4. The molecular weight excluding hydrogens is 594 g/mol. The first kappa shape index (κ1) is 33.3. The Morgan fingerprint density at radius 1 is 0.891 bits per heavy atom. The Morgan fingerprint density at radius 2 is 1.63 bits per heavy atom. The number of hydrogen-bond acceptors (Lipinski definition) is 8. The highest BCUT2D eigenvalue weighted by atomic mass is 16.7. The van der Waals surface area contributed by atoms with Crippen LogP contribution in [0.4, 0.5) is 0 Å². The van der Waals surface area contributed by atoms with E-state index in [2.05, 4.69) is 30.9 Å². The van der Waals surface area contributed by atoms with E-state index in [0.29, 0.717) is 30.0 Å². The zero-order valence-electron chi connectivity index (χ0n) is 25.2. The maximum atomic E-state index is 13.7. The molecule has 0 unspecified atom stereocenters. The van der Waals surface area contributed by atoms with Crippen molar-refractivity contribution in [2.24, 2.45) is 22.2 Å². The van der Waals surface area contributed by atoms with Crippen LogP contribution >= 0.6 is 0 Å². The molecule has 4 rings (SSSR count). The second-order valence-corrected chi connectivity index (χ2v) is 10.7. The van der Waals surface area contributed by atoms with Gasteiger partial charge in [0, 0.05) is 37.7 Å². The average Bonchev–Trinajstić information content (AvgIpc) is 3.73. The van der Waals surface area contributed by atoms with Gasteiger partial charge in [0.2, 0.25) is 30.4 Å². The highest BCUT2D eigenvalue weighted by Crippen LogP contribution is 2.35. The molecule has 1 aromatic heterocycles. The molecule has 1 aliphatic heterocycles. The number of nitrogens with one attached hydrogen (secondary N) is 4. The number of ether oxygens (including phenoxy) is 2. The van der Waals surface area contributed by atoms with Crippen LogP contribution in [0.25, 0.3) is 0 Å². The predicted molar refractivity (Wildman–Crippen MR) is 168 cm³/mol. The van der Waals surface area contributed by atoms with Gasteiger partial charge in [0.1, 0.15) is 18.1 Å². The van der Waals surface area contributed by atoms with Crippen LogP contribution in [0.2, 0.25) is 0 Å². The lowest BCUT2D eigenvalue weighted by atomic mass is 10.0. The molecule has 0 fully saturated rings. The van der Waals surface area contributed by atoms with E-state index < -0.39 is 35.8 Å². The number of aromatic amines is 1. The van der Waals surface area contributed by atoms with Gasteiger partial charge >= 0.3 is 0 Å². The number of benzene rings is 2. The third-order valence-electron chi connectivity index (χ3n) is 7.25. The number of aryl methyl sites for hydroxylation is 1. The van der Waals surface area contributed by atoms with Crippen LogP contribution in [0.5, 0.6) is 11.5 Å². The van der Waals surface area contributed by atoms with Gasteiger partial charge < -0.3 is 47.6 Å². The van der Waals surface area contributed by atoms with Gasteiger partial charge in [-0.15, -0.1) is 0 Å². The lowest BCUT2D eigenvalue weighted by Crippen LogP contribution is -2.57. The molecule has 4 amide bonds. The Morgan fingerprint density at radius 3 is 2.33 bits per heavy atom. The number of guanidine groups is 1. The minimum Gasteiger partial charge on any atom is -0.454 e. The maximum absolute atomic E-state index is 13.7. The van der Waals surface area contributed by atoms with Gasteiger partial charge in [-0.05, 0) is 36.5 Å². The minimum absolute atomic E-state index is 0.0701. The van der Waals surface area contributed by atoms with E-state index in [1.54, 1.807) is 12.3 Å². The molecule has 244 valence electrons. The Labute approximate surface area is 265 Å². The van der Waals surface area contributed by atoms with Crippen molar-refractivity contribution in [1.29, 1.82) is 0 Å². The zero-order valence-corrected chi connectivity index (χ0v) is 25.2. The van der Waals surface area contributed by atoms with Gasteiger partial charge in [-0.3, -0.25) is 24.2 Å². The van der Waals surface area contributed by atoms with Crippen molar-refractivity contribution in [2.75, 3.05) is 13.3 Å². The quantitative estimate of drug-likeness (QED) is 0.0577. The second kappa shape index (κ2) is 16.5. The molecule has 15 nitrogen and oxygen atoms in total. The van der Waals surface area contributed by atoms with Crippen LogP contribution in [-0.2, 0) is 38.4 Å². The summed E-state index contributed by atoms with van der Waals surface area (Å²) in [6.07, 6.45) is 4.20. The SMILES string of the molecule is NC(=O)[C@@H](CCCN=C(N)N)NC(=O)[C@@H](Cc1ccccc1)NC(=O)[C@H](Cc1cnc[nH]1)NC(=O)CCc1cccc2c1OCO2. The molecule has 15 heteroatoms. The summed E-state index contributed by atoms with van der Waals surface area (Å²) in [5.41, 5.74) is 18.4. The molecule has 3 aromatic rings. The smallest absolute Gasteiger partial charge is 0.243 e. The normalized spacial score (nSPS) is 13.6. The van der Waals surface area contributed by atoms with Gasteiger partial charge in [0.05, 0.1) is 6.33 Å². The second-order valence-electron chi connectivity index (χ2n) is 10.7. The van der Waals surface area contributed by atoms with Crippen LogP contribution in [0.3, 0.4) is 0 Å². The van der Waals surface area contributed by atoms with E-state index in [-0.39, 0.29) is 50.9 Å². The highest BCUT2D eigenvalue weighted by Gasteiger charge is 2.30. The third kappa shape index (κ3) is 9.97. The Bertz CT molecular complexity index is 1510. The Kier molecular flexibility index (Phi) is 11.9. The van der Waals surface area contributed by atoms with Crippen molar-refractivity contribution in [2.45, 2.75) is 56.7 Å². The van der Waals surface area contributed by atoms with Crippen LogP contribution in [-0.4, -0.2) is 71.0 Å². The van der Waals surface area contributed by atoms with E-state index >= 15 is 0 Å². The molecule has 3 atom stereocenters. The summed E-state index contributed by atoms with van der Waals surface area (Å²) in [6.45, 7) is 0.357. The van der Waals surface area contributed by atoms with Crippen molar-refractivity contribution < 1.29 is 28.7 Å². The van der Waals surface area contributed by atoms with Crippen molar-refractivity contribution in [3.63, 3.8) is 0 Å². The topological polar surface area (TPSA) is 242 Å². The van der Waals surface area contributed by atoms with Gasteiger partial charge in [0.15, 0.2) is 17.5 Å². The van der Waals surface area contributed by atoms with Crippen LogP contribution < -0.4 is 42.6 Å². The van der Waals surface area contributed by atoms with Crippen molar-refractivity contribution >= 4 is 29.6 Å². The average molecular weight is 634 g/mol. The van der Waals surface area contributed by atoms with Crippen LogP contribution in [0.1, 0.15) is 36.1 Å².